The maximum Gasteiger partial charge on any atom is 0.434 e. The molecule has 200 valence electrons. The number of aromatic nitrogens is 2. The van der Waals surface area contributed by atoms with E-state index in [9.17, 15) is 22.0 Å². The van der Waals surface area contributed by atoms with Gasteiger partial charge in [0.05, 0.1) is 7.11 Å². The number of H-pyrrole nitrogens is 1. The van der Waals surface area contributed by atoms with E-state index in [1.165, 1.54) is 45.2 Å². The Morgan fingerprint density at radius 1 is 1.08 bits per heavy atom. The fraction of sp³-hybridized carbons (Fsp3) is 0.200. The third-order valence-electron chi connectivity index (χ3n) is 6.01. The summed E-state index contributed by atoms with van der Waals surface area (Å²) in [5, 5.41) is 6.05. The molecule has 3 aromatic carbocycles. The van der Waals surface area contributed by atoms with Crippen molar-refractivity contribution in [1.29, 1.82) is 0 Å². The largest absolute Gasteiger partial charge is 0.495 e. The maximum absolute atomic E-state index is 15.3. The number of hydrogen-bond acceptors (Lipinski definition) is 6. The van der Waals surface area contributed by atoms with Crippen LogP contribution < -0.4 is 15.2 Å². The average Bonchev–Trinajstić information content (AvgIpc) is 3.27. The van der Waals surface area contributed by atoms with Crippen LogP contribution in [-0.4, -0.2) is 25.7 Å². The van der Waals surface area contributed by atoms with Crippen LogP contribution in [0.1, 0.15) is 35.9 Å². The van der Waals surface area contributed by atoms with Gasteiger partial charge in [0.25, 0.3) is 0 Å². The van der Waals surface area contributed by atoms with Gasteiger partial charge >= 0.3 is 5.76 Å². The molecule has 1 heterocycles. The Balaban J connectivity index is 1.84. The van der Waals surface area contributed by atoms with Crippen molar-refractivity contribution in [3.8, 4) is 16.9 Å². The molecule has 0 spiro atoms. The highest BCUT2D eigenvalue weighted by atomic mass is 35.5. The fourth-order valence-corrected chi connectivity index (χ4v) is 5.86. The number of aromatic amines is 1. The lowest BCUT2D eigenvalue weighted by Gasteiger charge is -2.25. The normalized spacial score (nSPS) is 13.3. The predicted octanol–water partition coefficient (Wildman–Crippen LogP) is 5.24. The van der Waals surface area contributed by atoms with Crippen molar-refractivity contribution < 1.29 is 30.7 Å². The Morgan fingerprint density at radius 2 is 1.76 bits per heavy atom. The van der Waals surface area contributed by atoms with E-state index in [-0.39, 0.29) is 38.2 Å². The first-order chi connectivity index (χ1) is 17.9. The van der Waals surface area contributed by atoms with E-state index in [4.69, 9.17) is 20.8 Å². The van der Waals surface area contributed by atoms with E-state index in [1.54, 1.807) is 0 Å². The fourth-order valence-electron chi connectivity index (χ4n) is 4.28. The number of nitrogens with one attached hydrogen (secondary N) is 2. The molecule has 0 aliphatic rings. The lowest BCUT2D eigenvalue weighted by Crippen LogP contribution is -2.33. The zero-order chi connectivity index (χ0) is 27.8. The molecule has 0 unspecified atom stereocenters. The Hall–Kier alpha value is -3.61. The van der Waals surface area contributed by atoms with Crippen LogP contribution in [0.2, 0.25) is 5.02 Å². The van der Waals surface area contributed by atoms with Gasteiger partial charge in [-0.15, -0.1) is 5.10 Å². The van der Waals surface area contributed by atoms with E-state index in [2.05, 4.69) is 14.9 Å². The molecule has 0 saturated carbocycles. The minimum Gasteiger partial charge on any atom is -0.495 e. The molecule has 38 heavy (non-hydrogen) atoms. The Labute approximate surface area is 220 Å². The monoisotopic (exact) mass is 567 g/mol. The van der Waals surface area contributed by atoms with Crippen molar-refractivity contribution in [2.24, 2.45) is 0 Å². The molecular formula is C25H21ClF3N3O5S. The van der Waals surface area contributed by atoms with Gasteiger partial charge in [0, 0.05) is 23.1 Å². The molecule has 0 bridgehead atoms. The summed E-state index contributed by atoms with van der Waals surface area (Å²) in [7, 11) is -3.12. The molecule has 4 rings (SSSR count). The summed E-state index contributed by atoms with van der Waals surface area (Å²) in [6, 6.07) is 7.83. The number of sulfonamides is 1. The molecular weight excluding hydrogens is 547 g/mol. The summed E-state index contributed by atoms with van der Waals surface area (Å²) in [5.41, 5.74) is 0.765. The molecule has 1 aromatic heterocycles. The van der Waals surface area contributed by atoms with Crippen LogP contribution in [0.4, 0.5) is 13.2 Å². The van der Waals surface area contributed by atoms with Crippen LogP contribution in [0.15, 0.2) is 62.6 Å². The summed E-state index contributed by atoms with van der Waals surface area (Å²) in [5.74, 6) is -4.77. The first kappa shape index (κ1) is 27.4. The zero-order valence-electron chi connectivity index (χ0n) is 20.2. The second kappa shape index (κ2) is 10.6. The van der Waals surface area contributed by atoms with E-state index in [0.29, 0.717) is 11.6 Å². The molecule has 0 fully saturated rings. The number of benzene rings is 3. The topological polar surface area (TPSA) is 114 Å². The molecule has 0 aliphatic carbocycles. The van der Waals surface area contributed by atoms with Crippen LogP contribution in [0.5, 0.6) is 5.75 Å². The predicted molar refractivity (Wildman–Crippen MR) is 133 cm³/mol. The number of nitrogens with zero attached hydrogens (tertiary/aromatic N) is 1. The Kier molecular flexibility index (Phi) is 7.68. The van der Waals surface area contributed by atoms with Crippen LogP contribution >= 0.6 is 11.6 Å². The third kappa shape index (κ3) is 5.47. The Bertz CT molecular complexity index is 1650. The van der Waals surface area contributed by atoms with Crippen molar-refractivity contribution in [1.82, 2.24) is 14.9 Å². The summed E-state index contributed by atoms with van der Waals surface area (Å²) in [6.45, 7) is 3.02. The molecule has 2 atom stereocenters. The van der Waals surface area contributed by atoms with Gasteiger partial charge in [-0.2, -0.15) is 4.72 Å². The highest BCUT2D eigenvalue weighted by Crippen LogP contribution is 2.39. The van der Waals surface area contributed by atoms with Gasteiger partial charge in [0.15, 0.2) is 0 Å². The molecule has 0 radical (unpaired) electrons. The summed E-state index contributed by atoms with van der Waals surface area (Å²) in [6.07, 6.45) is 0. The number of methoxy groups -OCH3 is 1. The van der Waals surface area contributed by atoms with E-state index >= 15 is 4.39 Å². The molecule has 0 saturated heterocycles. The zero-order valence-corrected chi connectivity index (χ0v) is 21.8. The molecule has 0 amide bonds. The number of halogens is 4. The van der Waals surface area contributed by atoms with Gasteiger partial charge in [-0.1, -0.05) is 24.6 Å². The number of ether oxygens (including phenoxy) is 1. The third-order valence-corrected chi connectivity index (χ3v) is 7.72. The first-order valence-corrected chi connectivity index (χ1v) is 12.9. The van der Waals surface area contributed by atoms with Crippen molar-refractivity contribution >= 4 is 21.6 Å². The minimum absolute atomic E-state index is 0.00795. The van der Waals surface area contributed by atoms with Gasteiger partial charge in [-0.05, 0) is 59.5 Å². The summed E-state index contributed by atoms with van der Waals surface area (Å²) >= 11 is 5.95. The quantitative estimate of drug-likeness (QED) is 0.301. The van der Waals surface area contributed by atoms with Crippen LogP contribution in [-0.2, 0) is 10.0 Å². The van der Waals surface area contributed by atoms with Crippen molar-refractivity contribution in [2.45, 2.75) is 30.7 Å². The highest BCUT2D eigenvalue weighted by molar-refractivity contribution is 7.89. The van der Waals surface area contributed by atoms with E-state index in [1.807, 2.05) is 0 Å². The smallest absolute Gasteiger partial charge is 0.434 e. The maximum atomic E-state index is 15.3. The van der Waals surface area contributed by atoms with Gasteiger partial charge in [-0.3, -0.25) is 0 Å². The molecule has 13 heteroatoms. The molecule has 2 N–H and O–H groups in total. The van der Waals surface area contributed by atoms with Crippen LogP contribution in [0.25, 0.3) is 11.1 Å². The van der Waals surface area contributed by atoms with Gasteiger partial charge in [-0.25, -0.2) is 31.5 Å². The molecule has 8 nitrogen and oxygen atoms in total. The average molecular weight is 568 g/mol. The number of rotatable bonds is 8. The summed E-state index contributed by atoms with van der Waals surface area (Å²) < 4.78 is 82.5. The minimum atomic E-state index is -4.38. The number of hydrogen-bond donors (Lipinski definition) is 2. The SMILES string of the molecule is COc1cc(Cl)ccc1S(=O)(=O)N[C@H](c1n[nH]c(=O)o1)[C@H](C)c1c(F)ccc(-c2cc(F)cc(F)c2)c1C. The highest BCUT2D eigenvalue weighted by Gasteiger charge is 2.34. The lowest BCUT2D eigenvalue weighted by atomic mass is 9.86. The van der Waals surface area contributed by atoms with E-state index in [0.717, 1.165) is 18.2 Å². The van der Waals surface area contributed by atoms with Crippen molar-refractivity contribution in [3.05, 3.63) is 98.6 Å². The van der Waals surface area contributed by atoms with Gasteiger partial charge in [0.1, 0.15) is 34.1 Å². The standard InChI is InChI=1S/C25H21ClF3N3O5S/c1-12-18(14-8-16(27)11-17(28)9-14)5-6-19(29)22(12)13(2)23(24-30-31-25(33)37-24)32-38(34,35)21-7-4-15(26)10-20(21)36-3/h4-11,13,23,32H,1-3H3,(H,31,33)/t13-,23+/m1/s1. The second-order valence-electron chi connectivity index (χ2n) is 8.43. The molecule has 0 aliphatic heterocycles. The van der Waals surface area contributed by atoms with Crippen LogP contribution in [0.3, 0.4) is 0 Å². The first-order valence-electron chi connectivity index (χ1n) is 11.1. The van der Waals surface area contributed by atoms with Gasteiger partial charge in [0.2, 0.25) is 15.9 Å². The van der Waals surface area contributed by atoms with Crippen molar-refractivity contribution in [3.63, 3.8) is 0 Å². The van der Waals surface area contributed by atoms with E-state index < -0.39 is 45.2 Å². The second-order valence-corrected chi connectivity index (χ2v) is 10.5. The Morgan fingerprint density at radius 3 is 2.37 bits per heavy atom. The van der Waals surface area contributed by atoms with Crippen LogP contribution in [0, 0.1) is 24.4 Å². The van der Waals surface area contributed by atoms with Gasteiger partial charge < -0.3 is 9.15 Å². The molecule has 4 aromatic rings. The summed E-state index contributed by atoms with van der Waals surface area (Å²) in [4.78, 5) is 11.4. The van der Waals surface area contributed by atoms with Crippen molar-refractivity contribution in [2.75, 3.05) is 7.11 Å². The lowest BCUT2D eigenvalue weighted by molar-refractivity contribution is 0.374.